The molecule has 2 aliphatic rings. The Balaban J connectivity index is 1.69. The number of carbonyl (C=O) groups excluding carboxylic acids is 1. The first-order chi connectivity index (χ1) is 9.63. The molecule has 0 atom stereocenters. The van der Waals surface area contributed by atoms with Crippen LogP contribution < -0.4 is 10.6 Å². The van der Waals surface area contributed by atoms with Crippen LogP contribution in [0.1, 0.15) is 26.7 Å². The highest BCUT2D eigenvalue weighted by molar-refractivity contribution is 7.86. The maximum absolute atomic E-state index is 11.8. The number of urea groups is 1. The van der Waals surface area contributed by atoms with Gasteiger partial charge in [-0.05, 0) is 24.2 Å². The number of nitrogens with zero attached hydrogens (tertiary/aromatic N) is 2. The molecule has 0 unspecified atom stereocenters. The normalized spacial score (nSPS) is 21.2. The lowest BCUT2D eigenvalue weighted by Crippen LogP contribution is -2.63. The SMILES string of the molecule is CN(C)S(=O)(=O)N1CC(NC(=O)NCC(C)(C)C2CC2)C1. The fourth-order valence-corrected chi connectivity index (χ4v) is 3.70. The predicted octanol–water partition coefficient (Wildman–Crippen LogP) is 0.212. The summed E-state index contributed by atoms with van der Waals surface area (Å²) in [6.07, 6.45) is 2.49. The van der Waals surface area contributed by atoms with Crippen LogP contribution in [0.5, 0.6) is 0 Å². The van der Waals surface area contributed by atoms with Gasteiger partial charge in [0, 0.05) is 33.7 Å². The zero-order chi connectivity index (χ0) is 15.8. The molecule has 0 aromatic carbocycles. The molecule has 2 rings (SSSR count). The van der Waals surface area contributed by atoms with Gasteiger partial charge in [0.2, 0.25) is 0 Å². The van der Waals surface area contributed by atoms with Crippen LogP contribution in [0, 0.1) is 11.3 Å². The third-order valence-corrected chi connectivity index (χ3v) is 6.23. The molecule has 0 spiro atoms. The second-order valence-electron chi connectivity index (χ2n) is 6.89. The van der Waals surface area contributed by atoms with Crippen LogP contribution in [0.2, 0.25) is 0 Å². The van der Waals surface area contributed by atoms with Gasteiger partial charge in [-0.25, -0.2) is 4.79 Å². The van der Waals surface area contributed by atoms with Crippen LogP contribution in [0.15, 0.2) is 0 Å². The zero-order valence-corrected chi connectivity index (χ0v) is 14.0. The summed E-state index contributed by atoms with van der Waals surface area (Å²) in [5, 5.41) is 5.71. The number of rotatable bonds is 6. The third-order valence-electron chi connectivity index (χ3n) is 4.36. The second kappa shape index (κ2) is 5.73. The molecule has 2 fully saturated rings. The molecule has 1 saturated carbocycles. The quantitative estimate of drug-likeness (QED) is 0.735. The highest BCUT2D eigenvalue weighted by Crippen LogP contribution is 2.44. The highest BCUT2D eigenvalue weighted by atomic mass is 32.2. The molecule has 0 bridgehead atoms. The van der Waals surface area contributed by atoms with Crippen LogP contribution in [0.25, 0.3) is 0 Å². The van der Waals surface area contributed by atoms with Crippen LogP contribution in [-0.2, 0) is 10.2 Å². The summed E-state index contributed by atoms with van der Waals surface area (Å²) in [7, 11) is -0.347. The second-order valence-corrected chi connectivity index (χ2v) is 9.04. The summed E-state index contributed by atoms with van der Waals surface area (Å²) in [5.74, 6) is 0.710. The smallest absolute Gasteiger partial charge is 0.315 e. The molecule has 7 nitrogen and oxygen atoms in total. The van der Waals surface area contributed by atoms with E-state index in [0.717, 1.165) is 0 Å². The van der Waals surface area contributed by atoms with Gasteiger partial charge in [0.1, 0.15) is 0 Å². The Morgan fingerprint density at radius 2 is 1.86 bits per heavy atom. The molecule has 0 aromatic rings. The van der Waals surface area contributed by atoms with Gasteiger partial charge in [-0.15, -0.1) is 0 Å². The molecule has 8 heteroatoms. The van der Waals surface area contributed by atoms with Gasteiger partial charge in [0.15, 0.2) is 0 Å². The monoisotopic (exact) mass is 318 g/mol. The average molecular weight is 318 g/mol. The molecule has 2 N–H and O–H groups in total. The van der Waals surface area contributed by atoms with E-state index in [-0.39, 0.29) is 17.5 Å². The van der Waals surface area contributed by atoms with Gasteiger partial charge < -0.3 is 10.6 Å². The van der Waals surface area contributed by atoms with Crippen molar-refractivity contribution >= 4 is 16.2 Å². The maximum atomic E-state index is 11.8. The van der Waals surface area contributed by atoms with Gasteiger partial charge in [-0.3, -0.25) is 0 Å². The van der Waals surface area contributed by atoms with Crippen molar-refractivity contribution in [2.24, 2.45) is 11.3 Å². The van der Waals surface area contributed by atoms with Crippen molar-refractivity contribution in [3.8, 4) is 0 Å². The largest absolute Gasteiger partial charge is 0.338 e. The lowest BCUT2D eigenvalue weighted by atomic mass is 9.87. The molecule has 1 aliphatic carbocycles. The lowest BCUT2D eigenvalue weighted by molar-refractivity contribution is 0.194. The minimum absolute atomic E-state index is 0.108. The van der Waals surface area contributed by atoms with Crippen LogP contribution >= 0.6 is 0 Å². The Hall–Kier alpha value is -0.860. The summed E-state index contributed by atoms with van der Waals surface area (Å²) in [5.41, 5.74) is 0.136. The maximum Gasteiger partial charge on any atom is 0.315 e. The number of carbonyl (C=O) groups is 1. The molecule has 0 radical (unpaired) electrons. The first-order valence-electron chi connectivity index (χ1n) is 7.35. The van der Waals surface area contributed by atoms with Crippen LogP contribution in [-0.4, -0.2) is 62.8 Å². The first kappa shape index (κ1) is 16.5. The highest BCUT2D eigenvalue weighted by Gasteiger charge is 2.39. The van der Waals surface area contributed by atoms with Gasteiger partial charge in [0.25, 0.3) is 10.2 Å². The van der Waals surface area contributed by atoms with Crippen LogP contribution in [0.4, 0.5) is 4.79 Å². The third kappa shape index (κ3) is 3.87. The van der Waals surface area contributed by atoms with Crippen molar-refractivity contribution in [2.75, 3.05) is 33.7 Å². The van der Waals surface area contributed by atoms with Crippen molar-refractivity contribution in [2.45, 2.75) is 32.7 Å². The van der Waals surface area contributed by atoms with Crippen LogP contribution in [0.3, 0.4) is 0 Å². The molecular weight excluding hydrogens is 292 g/mol. The fourth-order valence-electron chi connectivity index (χ4n) is 2.50. The van der Waals surface area contributed by atoms with E-state index in [1.807, 2.05) is 0 Å². The van der Waals surface area contributed by atoms with Crippen molar-refractivity contribution in [3.63, 3.8) is 0 Å². The predicted molar refractivity (Wildman–Crippen MR) is 81.0 cm³/mol. The Morgan fingerprint density at radius 1 is 1.29 bits per heavy atom. The standard InChI is InChI=1S/C13H26N4O3S/c1-13(2,10-5-6-10)9-14-12(18)15-11-7-17(8-11)21(19,20)16(3)4/h10-11H,5-9H2,1-4H3,(H2,14,15,18). The van der Waals surface area contributed by atoms with E-state index < -0.39 is 10.2 Å². The van der Waals surface area contributed by atoms with Gasteiger partial charge in [-0.1, -0.05) is 13.8 Å². The minimum atomic E-state index is -3.35. The van der Waals surface area contributed by atoms with E-state index in [1.54, 1.807) is 0 Å². The van der Waals surface area contributed by atoms with E-state index in [0.29, 0.717) is 25.6 Å². The fraction of sp³-hybridized carbons (Fsp3) is 0.923. The molecule has 122 valence electrons. The summed E-state index contributed by atoms with van der Waals surface area (Å²) in [4.78, 5) is 11.8. The van der Waals surface area contributed by atoms with Gasteiger partial charge in [-0.2, -0.15) is 17.0 Å². The topological polar surface area (TPSA) is 81.8 Å². The van der Waals surface area contributed by atoms with Crippen molar-refractivity contribution in [1.29, 1.82) is 0 Å². The zero-order valence-electron chi connectivity index (χ0n) is 13.2. The van der Waals surface area contributed by atoms with E-state index >= 15 is 0 Å². The van der Waals surface area contributed by atoms with E-state index in [2.05, 4.69) is 24.5 Å². The van der Waals surface area contributed by atoms with E-state index in [4.69, 9.17) is 0 Å². The summed E-state index contributed by atoms with van der Waals surface area (Å²) < 4.78 is 26.1. The number of hydrogen-bond acceptors (Lipinski definition) is 3. The van der Waals surface area contributed by atoms with Crippen molar-refractivity contribution in [3.05, 3.63) is 0 Å². The summed E-state index contributed by atoms with van der Waals surface area (Å²) in [6.45, 7) is 5.65. The summed E-state index contributed by atoms with van der Waals surface area (Å²) >= 11 is 0. The summed E-state index contributed by atoms with van der Waals surface area (Å²) in [6, 6.07) is -0.320. The Morgan fingerprint density at radius 3 is 2.33 bits per heavy atom. The minimum Gasteiger partial charge on any atom is -0.338 e. The molecule has 1 heterocycles. The number of amides is 2. The van der Waals surface area contributed by atoms with Gasteiger partial charge >= 0.3 is 6.03 Å². The van der Waals surface area contributed by atoms with E-state index in [1.165, 1.54) is 35.5 Å². The molecule has 2 amide bonds. The first-order valence-corrected chi connectivity index (χ1v) is 8.74. The van der Waals surface area contributed by atoms with Crippen molar-refractivity contribution in [1.82, 2.24) is 19.2 Å². The Bertz CT molecular complexity index is 494. The lowest BCUT2D eigenvalue weighted by Gasteiger charge is -2.39. The van der Waals surface area contributed by atoms with Crippen molar-refractivity contribution < 1.29 is 13.2 Å². The average Bonchev–Trinajstić information content (AvgIpc) is 3.14. The molecule has 1 aliphatic heterocycles. The van der Waals surface area contributed by atoms with Gasteiger partial charge in [0.05, 0.1) is 6.04 Å². The number of hydrogen-bond donors (Lipinski definition) is 2. The Kier molecular flexibility index (Phi) is 4.51. The molecule has 1 saturated heterocycles. The van der Waals surface area contributed by atoms with E-state index in [9.17, 15) is 13.2 Å². The Labute approximate surface area is 127 Å². The molecule has 0 aromatic heterocycles. The number of nitrogens with one attached hydrogen (secondary N) is 2. The molecular formula is C13H26N4O3S. The molecule has 21 heavy (non-hydrogen) atoms.